The van der Waals surface area contributed by atoms with Gasteiger partial charge in [-0.05, 0) is 64.4 Å². The van der Waals surface area contributed by atoms with Crippen molar-refractivity contribution in [2.75, 3.05) is 4.90 Å². The molecule has 0 aliphatic heterocycles. The molecular formula is C40H25NO2. The van der Waals surface area contributed by atoms with Crippen LogP contribution in [0.15, 0.2) is 160 Å². The van der Waals surface area contributed by atoms with Crippen LogP contribution in [-0.2, 0) is 0 Å². The molecule has 3 heteroatoms. The molecule has 0 bridgehead atoms. The molecule has 0 aliphatic carbocycles. The maximum Gasteiger partial charge on any atom is 0.159 e. The molecule has 2 aromatic heterocycles. The second-order valence-electron chi connectivity index (χ2n) is 10.9. The molecule has 0 spiro atoms. The van der Waals surface area contributed by atoms with Crippen LogP contribution in [0.4, 0.5) is 17.1 Å². The van der Waals surface area contributed by atoms with Crippen molar-refractivity contribution in [3.63, 3.8) is 0 Å². The van der Waals surface area contributed by atoms with E-state index in [4.69, 9.17) is 8.83 Å². The lowest BCUT2D eigenvalue weighted by Crippen LogP contribution is -2.09. The lowest BCUT2D eigenvalue weighted by Gasteiger charge is -2.25. The van der Waals surface area contributed by atoms with E-state index in [9.17, 15) is 0 Å². The van der Waals surface area contributed by atoms with Gasteiger partial charge in [0.05, 0.1) is 11.4 Å². The third-order valence-corrected chi connectivity index (χ3v) is 8.44. The summed E-state index contributed by atoms with van der Waals surface area (Å²) >= 11 is 0. The van der Waals surface area contributed by atoms with E-state index < -0.39 is 0 Å². The smallest absolute Gasteiger partial charge is 0.159 e. The predicted molar refractivity (Wildman–Crippen MR) is 179 cm³/mol. The highest BCUT2D eigenvalue weighted by atomic mass is 16.3. The van der Waals surface area contributed by atoms with Crippen LogP contribution < -0.4 is 4.90 Å². The van der Waals surface area contributed by atoms with Gasteiger partial charge < -0.3 is 13.7 Å². The minimum Gasteiger partial charge on any atom is -0.456 e. The van der Waals surface area contributed by atoms with E-state index in [0.29, 0.717) is 0 Å². The van der Waals surface area contributed by atoms with Crippen LogP contribution in [0.2, 0.25) is 0 Å². The Morgan fingerprint density at radius 2 is 1.09 bits per heavy atom. The van der Waals surface area contributed by atoms with Crippen molar-refractivity contribution in [3.8, 4) is 11.1 Å². The molecule has 43 heavy (non-hydrogen) atoms. The molecule has 7 aromatic carbocycles. The number of furan rings is 2. The van der Waals surface area contributed by atoms with Crippen LogP contribution in [0, 0.1) is 0 Å². The monoisotopic (exact) mass is 551 g/mol. The largest absolute Gasteiger partial charge is 0.456 e. The quantitative estimate of drug-likeness (QED) is 0.218. The summed E-state index contributed by atoms with van der Waals surface area (Å²) in [5.74, 6) is 0. The molecule has 0 saturated heterocycles. The molecule has 0 unspecified atom stereocenters. The highest BCUT2D eigenvalue weighted by Gasteiger charge is 2.21. The van der Waals surface area contributed by atoms with Gasteiger partial charge in [-0.1, -0.05) is 103 Å². The van der Waals surface area contributed by atoms with Gasteiger partial charge in [0.25, 0.3) is 0 Å². The number of fused-ring (bicyclic) bond motifs is 8. The van der Waals surface area contributed by atoms with Crippen LogP contribution in [0.1, 0.15) is 0 Å². The topological polar surface area (TPSA) is 29.5 Å². The number of hydrogen-bond acceptors (Lipinski definition) is 3. The maximum absolute atomic E-state index is 6.67. The fourth-order valence-corrected chi connectivity index (χ4v) is 6.54. The van der Waals surface area contributed by atoms with E-state index in [2.05, 4.69) is 138 Å². The van der Waals surface area contributed by atoms with Gasteiger partial charge in [0, 0.05) is 33.3 Å². The van der Waals surface area contributed by atoms with Crippen LogP contribution in [0.3, 0.4) is 0 Å². The van der Waals surface area contributed by atoms with Crippen molar-refractivity contribution < 1.29 is 8.83 Å². The van der Waals surface area contributed by atoms with E-state index in [1.165, 1.54) is 21.9 Å². The van der Waals surface area contributed by atoms with E-state index in [1.807, 2.05) is 18.2 Å². The first-order chi connectivity index (χ1) is 21.3. The molecule has 2 heterocycles. The molecule has 0 saturated carbocycles. The third-order valence-electron chi connectivity index (χ3n) is 8.44. The van der Waals surface area contributed by atoms with Crippen molar-refractivity contribution in [2.45, 2.75) is 0 Å². The Hall–Kier alpha value is -5.80. The summed E-state index contributed by atoms with van der Waals surface area (Å²) in [6.45, 7) is 0. The number of rotatable bonds is 4. The summed E-state index contributed by atoms with van der Waals surface area (Å²) in [5, 5.41) is 6.86. The van der Waals surface area contributed by atoms with Gasteiger partial charge in [0.15, 0.2) is 5.58 Å². The Bertz CT molecular complexity index is 2450. The molecule has 9 rings (SSSR count). The van der Waals surface area contributed by atoms with Gasteiger partial charge in [0.1, 0.15) is 16.7 Å². The Labute approximate surface area is 247 Å². The molecular weight excluding hydrogens is 526 g/mol. The number of nitrogens with zero attached hydrogens (tertiary/aromatic N) is 1. The van der Waals surface area contributed by atoms with Gasteiger partial charge in [-0.3, -0.25) is 0 Å². The minimum absolute atomic E-state index is 0.848. The molecule has 0 radical (unpaired) electrons. The van der Waals surface area contributed by atoms with Crippen LogP contribution in [-0.4, -0.2) is 0 Å². The summed E-state index contributed by atoms with van der Waals surface area (Å²) < 4.78 is 13.2. The van der Waals surface area contributed by atoms with Gasteiger partial charge in [-0.2, -0.15) is 0 Å². The fraction of sp³-hybridized carbons (Fsp3) is 0. The molecule has 3 nitrogen and oxygen atoms in total. The van der Waals surface area contributed by atoms with Crippen molar-refractivity contribution in [1.82, 2.24) is 0 Å². The Balaban J connectivity index is 1.30. The lowest BCUT2D eigenvalue weighted by atomic mass is 9.95. The van der Waals surface area contributed by atoms with Crippen LogP contribution in [0.5, 0.6) is 0 Å². The SMILES string of the molecule is c1ccc(-c2cc3oc4cc(N(c5ccccc5)c5cccc6c5oc5ccccc56)ccc4c3c3ccccc23)cc1. The van der Waals surface area contributed by atoms with Gasteiger partial charge in [-0.15, -0.1) is 0 Å². The standard InChI is InChI=1S/C40H25NO2/c1-3-12-26(13-4-1)34-25-38-39(31-18-8-7-16-29(31)34)33-23-22-28(24-37(33)42-38)41(27-14-5-2-6-15-27)35-20-11-19-32-30-17-9-10-21-36(30)43-40(32)35/h1-25H. The molecule has 0 fully saturated rings. The number of anilines is 3. The van der Waals surface area contributed by atoms with Gasteiger partial charge >= 0.3 is 0 Å². The normalized spacial score (nSPS) is 11.7. The molecule has 0 aliphatic rings. The van der Waals surface area contributed by atoms with E-state index in [-0.39, 0.29) is 0 Å². The Kier molecular flexibility index (Phi) is 5.20. The zero-order valence-corrected chi connectivity index (χ0v) is 23.2. The first-order valence-electron chi connectivity index (χ1n) is 14.5. The fourth-order valence-electron chi connectivity index (χ4n) is 6.54. The first kappa shape index (κ1) is 23.9. The summed E-state index contributed by atoms with van der Waals surface area (Å²) in [5.41, 5.74) is 8.84. The van der Waals surface area contributed by atoms with Crippen molar-refractivity contribution in [1.29, 1.82) is 0 Å². The summed E-state index contributed by atoms with van der Waals surface area (Å²) in [4.78, 5) is 2.25. The average molecular weight is 552 g/mol. The summed E-state index contributed by atoms with van der Waals surface area (Å²) in [7, 11) is 0. The number of para-hydroxylation sites is 3. The Morgan fingerprint density at radius 1 is 0.395 bits per heavy atom. The van der Waals surface area contributed by atoms with E-state index >= 15 is 0 Å². The highest BCUT2D eigenvalue weighted by molar-refractivity contribution is 6.22. The number of hydrogen-bond donors (Lipinski definition) is 0. The minimum atomic E-state index is 0.848. The number of benzene rings is 7. The van der Waals surface area contributed by atoms with Crippen molar-refractivity contribution in [2.24, 2.45) is 0 Å². The molecule has 0 N–H and O–H groups in total. The molecule has 9 aromatic rings. The summed E-state index contributed by atoms with van der Waals surface area (Å²) in [6.07, 6.45) is 0. The van der Waals surface area contributed by atoms with E-state index in [0.717, 1.165) is 60.9 Å². The first-order valence-corrected chi connectivity index (χ1v) is 14.5. The molecule has 0 amide bonds. The van der Waals surface area contributed by atoms with Crippen molar-refractivity contribution in [3.05, 3.63) is 152 Å². The maximum atomic E-state index is 6.67. The van der Waals surface area contributed by atoms with Gasteiger partial charge in [-0.25, -0.2) is 0 Å². The molecule has 0 atom stereocenters. The second kappa shape index (κ2) is 9.37. The zero-order valence-electron chi connectivity index (χ0n) is 23.2. The third kappa shape index (κ3) is 3.68. The summed E-state index contributed by atoms with van der Waals surface area (Å²) in [6, 6.07) is 52.9. The average Bonchev–Trinajstić information content (AvgIpc) is 3.64. The van der Waals surface area contributed by atoms with Crippen molar-refractivity contribution >= 4 is 71.7 Å². The lowest BCUT2D eigenvalue weighted by molar-refractivity contribution is 0.667. The van der Waals surface area contributed by atoms with Gasteiger partial charge in [0.2, 0.25) is 0 Å². The highest BCUT2D eigenvalue weighted by Crippen LogP contribution is 2.45. The predicted octanol–water partition coefficient (Wildman–Crippen LogP) is 11.8. The Morgan fingerprint density at radius 3 is 1.93 bits per heavy atom. The van der Waals surface area contributed by atoms with Crippen LogP contribution in [0.25, 0.3) is 65.8 Å². The second-order valence-corrected chi connectivity index (χ2v) is 10.9. The van der Waals surface area contributed by atoms with Crippen LogP contribution >= 0.6 is 0 Å². The zero-order chi connectivity index (χ0) is 28.3. The van der Waals surface area contributed by atoms with E-state index in [1.54, 1.807) is 0 Å². The molecule has 202 valence electrons.